The van der Waals surface area contributed by atoms with Gasteiger partial charge in [0.05, 0.1) is 0 Å². The van der Waals surface area contributed by atoms with E-state index in [0.29, 0.717) is 0 Å². The fourth-order valence-corrected chi connectivity index (χ4v) is 6.72. The molecule has 0 aromatic heterocycles. The van der Waals surface area contributed by atoms with Crippen LogP contribution in [-0.2, 0) is 0 Å². The molecule has 0 nitrogen and oxygen atoms in total. The first-order chi connectivity index (χ1) is 19.6. The van der Waals surface area contributed by atoms with E-state index in [-0.39, 0.29) is 0 Å². The van der Waals surface area contributed by atoms with Crippen LogP contribution in [0.2, 0.25) is 0 Å². The average Bonchev–Trinajstić information content (AvgIpc) is 2.94. The lowest BCUT2D eigenvalue weighted by Gasteiger charge is -2.15. The summed E-state index contributed by atoms with van der Waals surface area (Å²) in [6.45, 7) is 12.2. The zero-order valence-electron chi connectivity index (χ0n) is 29.4. The van der Waals surface area contributed by atoms with Crippen molar-refractivity contribution in [3.8, 4) is 0 Å². The quantitative estimate of drug-likeness (QED) is 0.0684. The van der Waals surface area contributed by atoms with E-state index < -0.39 is 0 Å². The largest absolute Gasteiger partial charge is 0.0654 e. The smallest absolute Gasteiger partial charge is 0.0443 e. The molecule has 0 spiro atoms. The average molecular weight is 563 g/mol. The molecule has 242 valence electrons. The Morgan fingerprint density at radius 3 is 0.650 bits per heavy atom. The molecule has 0 fully saturated rings. The van der Waals surface area contributed by atoms with Crippen molar-refractivity contribution in [2.24, 2.45) is 17.8 Å². The summed E-state index contributed by atoms with van der Waals surface area (Å²) in [6, 6.07) is 0. The number of hydrogen-bond acceptors (Lipinski definition) is 0. The Balaban J connectivity index is 3.36. The van der Waals surface area contributed by atoms with Gasteiger partial charge in [0.2, 0.25) is 0 Å². The molecule has 3 atom stereocenters. The molecular formula is C40H82. The summed E-state index contributed by atoms with van der Waals surface area (Å²) in [6.07, 6.45) is 47.0. The number of unbranched alkanes of at least 4 members (excludes halogenated alkanes) is 22. The molecule has 0 aliphatic rings. The third kappa shape index (κ3) is 32.5. The minimum atomic E-state index is 0.947. The van der Waals surface area contributed by atoms with Gasteiger partial charge in [0, 0.05) is 0 Å². The van der Waals surface area contributed by atoms with Crippen LogP contribution in [0.3, 0.4) is 0 Å². The Morgan fingerprint density at radius 1 is 0.225 bits per heavy atom. The third-order valence-electron chi connectivity index (χ3n) is 9.89. The Labute approximate surface area is 257 Å². The summed E-state index contributed by atoms with van der Waals surface area (Å²) < 4.78 is 0. The van der Waals surface area contributed by atoms with Crippen molar-refractivity contribution >= 4 is 0 Å². The molecule has 0 amide bonds. The molecule has 0 bridgehead atoms. The van der Waals surface area contributed by atoms with Crippen LogP contribution in [0.15, 0.2) is 0 Å². The van der Waals surface area contributed by atoms with E-state index in [1.54, 1.807) is 0 Å². The molecule has 0 saturated carbocycles. The first kappa shape index (κ1) is 40.0. The topological polar surface area (TPSA) is 0 Å². The maximum absolute atomic E-state index is 2.52. The van der Waals surface area contributed by atoms with Crippen LogP contribution in [0.4, 0.5) is 0 Å². The van der Waals surface area contributed by atoms with Gasteiger partial charge in [-0.2, -0.15) is 0 Å². The van der Waals surface area contributed by atoms with E-state index in [4.69, 9.17) is 0 Å². The van der Waals surface area contributed by atoms with Crippen molar-refractivity contribution in [3.05, 3.63) is 0 Å². The summed E-state index contributed by atoms with van der Waals surface area (Å²) >= 11 is 0. The predicted molar refractivity (Wildman–Crippen MR) is 187 cm³/mol. The zero-order valence-corrected chi connectivity index (χ0v) is 29.4. The predicted octanol–water partition coefficient (Wildman–Crippen LogP) is 15.4. The zero-order chi connectivity index (χ0) is 29.4. The minimum absolute atomic E-state index is 0.947. The van der Waals surface area contributed by atoms with Crippen LogP contribution >= 0.6 is 0 Å². The summed E-state index contributed by atoms with van der Waals surface area (Å²) in [5.74, 6) is 2.85. The molecule has 0 saturated heterocycles. The number of hydrogen-bond donors (Lipinski definition) is 0. The van der Waals surface area contributed by atoms with Gasteiger partial charge in [0.15, 0.2) is 0 Å². The Morgan fingerprint density at radius 2 is 0.400 bits per heavy atom. The van der Waals surface area contributed by atoms with Crippen molar-refractivity contribution in [1.29, 1.82) is 0 Å². The highest BCUT2D eigenvalue weighted by molar-refractivity contribution is 4.61. The molecule has 0 rings (SSSR count). The highest BCUT2D eigenvalue weighted by atomic mass is 14.1. The fraction of sp³-hybridized carbons (Fsp3) is 1.00. The van der Waals surface area contributed by atoms with Crippen LogP contribution in [0, 0.1) is 17.8 Å². The van der Waals surface area contributed by atoms with Crippen LogP contribution in [0.25, 0.3) is 0 Å². The monoisotopic (exact) mass is 563 g/mol. The molecule has 3 unspecified atom stereocenters. The van der Waals surface area contributed by atoms with E-state index in [0.717, 1.165) is 17.8 Å². The molecule has 0 aliphatic heterocycles. The van der Waals surface area contributed by atoms with Gasteiger partial charge < -0.3 is 0 Å². The standard InChI is InChI=1S/C40H82/c1-6-8-10-12-14-16-18-19-21-23-25-28-33-39(4)36-31-37-40(5)35-30-26-29-34-38(3)32-27-24-22-20-17-15-13-11-9-7-2/h38-40H,6-37H2,1-5H3. The lowest BCUT2D eigenvalue weighted by atomic mass is 9.91. The van der Waals surface area contributed by atoms with Gasteiger partial charge in [-0.3, -0.25) is 0 Å². The Kier molecular flexibility index (Phi) is 33.5. The summed E-state index contributed by atoms with van der Waals surface area (Å²) in [7, 11) is 0. The molecule has 0 aromatic carbocycles. The van der Waals surface area contributed by atoms with Crippen LogP contribution in [0.1, 0.15) is 240 Å². The number of rotatable bonds is 34. The van der Waals surface area contributed by atoms with E-state index in [1.807, 2.05) is 0 Å². The maximum Gasteiger partial charge on any atom is -0.0443 e. The highest BCUT2D eigenvalue weighted by Gasteiger charge is 2.07. The second kappa shape index (κ2) is 33.5. The second-order valence-electron chi connectivity index (χ2n) is 14.5. The van der Waals surface area contributed by atoms with Crippen molar-refractivity contribution in [1.82, 2.24) is 0 Å². The lowest BCUT2D eigenvalue weighted by molar-refractivity contribution is 0.385. The van der Waals surface area contributed by atoms with Crippen LogP contribution in [-0.4, -0.2) is 0 Å². The summed E-state index contributed by atoms with van der Waals surface area (Å²) in [4.78, 5) is 0. The summed E-state index contributed by atoms with van der Waals surface area (Å²) in [5, 5.41) is 0. The molecule has 0 heteroatoms. The van der Waals surface area contributed by atoms with E-state index in [1.165, 1.54) is 205 Å². The molecule has 0 N–H and O–H groups in total. The molecule has 40 heavy (non-hydrogen) atoms. The Hall–Kier alpha value is 0. The van der Waals surface area contributed by atoms with Crippen molar-refractivity contribution in [2.75, 3.05) is 0 Å². The highest BCUT2D eigenvalue weighted by Crippen LogP contribution is 2.23. The molecular weight excluding hydrogens is 480 g/mol. The van der Waals surface area contributed by atoms with Crippen LogP contribution in [0.5, 0.6) is 0 Å². The molecule has 0 heterocycles. The third-order valence-corrected chi connectivity index (χ3v) is 9.89. The van der Waals surface area contributed by atoms with Crippen LogP contribution < -0.4 is 0 Å². The molecule has 0 radical (unpaired) electrons. The van der Waals surface area contributed by atoms with Gasteiger partial charge in [0.25, 0.3) is 0 Å². The SMILES string of the molecule is CCCCCCCCCCCCCCC(C)CCCC(C)CCCCCC(C)CCCCCCCCCCCC. The van der Waals surface area contributed by atoms with E-state index in [2.05, 4.69) is 34.6 Å². The Bertz CT molecular complexity index is 439. The van der Waals surface area contributed by atoms with Gasteiger partial charge in [-0.15, -0.1) is 0 Å². The van der Waals surface area contributed by atoms with Gasteiger partial charge in [-0.1, -0.05) is 240 Å². The fourth-order valence-electron chi connectivity index (χ4n) is 6.72. The lowest BCUT2D eigenvalue weighted by Crippen LogP contribution is -2.00. The summed E-state index contributed by atoms with van der Waals surface area (Å²) in [5.41, 5.74) is 0. The molecule has 0 aromatic rings. The first-order valence-corrected chi connectivity index (χ1v) is 19.6. The van der Waals surface area contributed by atoms with Crippen molar-refractivity contribution < 1.29 is 0 Å². The van der Waals surface area contributed by atoms with Gasteiger partial charge in [0.1, 0.15) is 0 Å². The van der Waals surface area contributed by atoms with Gasteiger partial charge in [-0.25, -0.2) is 0 Å². The van der Waals surface area contributed by atoms with Gasteiger partial charge in [-0.05, 0) is 17.8 Å². The second-order valence-corrected chi connectivity index (χ2v) is 14.5. The first-order valence-electron chi connectivity index (χ1n) is 19.6. The minimum Gasteiger partial charge on any atom is -0.0654 e. The van der Waals surface area contributed by atoms with E-state index in [9.17, 15) is 0 Å². The van der Waals surface area contributed by atoms with E-state index >= 15 is 0 Å². The normalized spacial score (nSPS) is 14.0. The van der Waals surface area contributed by atoms with Gasteiger partial charge >= 0.3 is 0 Å². The molecule has 0 aliphatic carbocycles. The van der Waals surface area contributed by atoms with Crippen molar-refractivity contribution in [2.45, 2.75) is 240 Å². The van der Waals surface area contributed by atoms with Crippen molar-refractivity contribution in [3.63, 3.8) is 0 Å². The maximum atomic E-state index is 2.52.